The molecule has 0 radical (unpaired) electrons. The van der Waals surface area contributed by atoms with E-state index in [0.29, 0.717) is 18.9 Å². The Hall–Kier alpha value is -2.22. The zero-order chi connectivity index (χ0) is 19.2. The molecule has 146 valence electrons. The van der Waals surface area contributed by atoms with Gasteiger partial charge >= 0.3 is 0 Å². The van der Waals surface area contributed by atoms with E-state index in [1.165, 1.54) is 6.07 Å². The lowest BCUT2D eigenvalue weighted by Gasteiger charge is -2.25. The van der Waals surface area contributed by atoms with E-state index in [4.69, 9.17) is 19.4 Å². The summed E-state index contributed by atoms with van der Waals surface area (Å²) in [5, 5.41) is 1.97. The average Bonchev–Trinajstić information content (AvgIpc) is 2.73. The van der Waals surface area contributed by atoms with Crippen LogP contribution in [0.15, 0.2) is 53.6 Å². The lowest BCUT2D eigenvalue weighted by atomic mass is 10.2. The summed E-state index contributed by atoms with van der Waals surface area (Å²) in [5.41, 5.74) is 0.943. The molecule has 2 heterocycles. The highest BCUT2D eigenvalue weighted by molar-refractivity contribution is 7.99. The molecule has 1 aromatic heterocycles. The van der Waals surface area contributed by atoms with Gasteiger partial charge in [0.25, 0.3) is 0 Å². The Balaban J connectivity index is 1.44. The van der Waals surface area contributed by atoms with Gasteiger partial charge in [-0.1, -0.05) is 30.3 Å². The summed E-state index contributed by atoms with van der Waals surface area (Å²) < 4.78 is 24.6. The third kappa shape index (κ3) is 4.79. The molecule has 4 rings (SSSR count). The summed E-state index contributed by atoms with van der Waals surface area (Å²) in [6.45, 7) is 4.42. The average molecular weight is 399 g/mol. The van der Waals surface area contributed by atoms with Gasteiger partial charge in [-0.15, -0.1) is 11.8 Å². The van der Waals surface area contributed by atoms with Crippen molar-refractivity contribution in [1.29, 1.82) is 0 Å². The zero-order valence-corrected chi connectivity index (χ0v) is 16.3. The minimum absolute atomic E-state index is 0.281. The first-order valence-corrected chi connectivity index (χ1v) is 10.3. The van der Waals surface area contributed by atoms with Crippen molar-refractivity contribution in [3.05, 3.63) is 60.2 Å². The molecule has 5 nitrogen and oxygen atoms in total. The smallest absolute Gasteiger partial charge is 0.165 e. The van der Waals surface area contributed by atoms with Crippen LogP contribution in [0, 0.1) is 5.82 Å². The van der Waals surface area contributed by atoms with Gasteiger partial charge in [0.2, 0.25) is 0 Å². The number of thioether (sulfide) groups is 1. The number of rotatable bonds is 7. The van der Waals surface area contributed by atoms with Gasteiger partial charge in [0, 0.05) is 24.2 Å². The molecule has 1 saturated heterocycles. The Labute approximate surface area is 167 Å². The Bertz CT molecular complexity index is 934. The molecule has 1 fully saturated rings. The van der Waals surface area contributed by atoms with Crippen LogP contribution in [0.5, 0.6) is 5.75 Å². The number of benzene rings is 2. The van der Waals surface area contributed by atoms with Crippen LogP contribution in [0.1, 0.15) is 5.82 Å². The van der Waals surface area contributed by atoms with Crippen molar-refractivity contribution >= 4 is 22.7 Å². The van der Waals surface area contributed by atoms with E-state index in [9.17, 15) is 4.39 Å². The molecule has 3 aromatic rings. The second kappa shape index (κ2) is 9.32. The van der Waals surface area contributed by atoms with E-state index in [1.54, 1.807) is 30.0 Å². The Morgan fingerprint density at radius 3 is 2.68 bits per heavy atom. The second-order valence-corrected chi connectivity index (χ2v) is 7.56. The maximum atomic E-state index is 13.7. The summed E-state index contributed by atoms with van der Waals surface area (Å²) in [6, 6.07) is 14.5. The maximum absolute atomic E-state index is 13.7. The Kier molecular flexibility index (Phi) is 6.36. The number of ether oxygens (including phenoxy) is 2. The fourth-order valence-electron chi connectivity index (χ4n) is 3.09. The lowest BCUT2D eigenvalue weighted by Crippen LogP contribution is -2.36. The molecule has 0 unspecified atom stereocenters. The molecule has 0 atom stereocenters. The van der Waals surface area contributed by atoms with Crippen LogP contribution in [-0.4, -0.2) is 53.5 Å². The van der Waals surface area contributed by atoms with E-state index < -0.39 is 0 Å². The Morgan fingerprint density at radius 2 is 1.82 bits per heavy atom. The molecule has 0 spiro atoms. The van der Waals surface area contributed by atoms with Gasteiger partial charge in [-0.3, -0.25) is 4.90 Å². The topological polar surface area (TPSA) is 47.5 Å². The number of halogens is 1. The first-order valence-electron chi connectivity index (χ1n) is 9.35. The van der Waals surface area contributed by atoms with Gasteiger partial charge in [0.15, 0.2) is 11.6 Å². The predicted octanol–water partition coefficient (Wildman–Crippen LogP) is 3.77. The van der Waals surface area contributed by atoms with E-state index in [1.807, 2.05) is 24.3 Å². The monoisotopic (exact) mass is 399 g/mol. The number of aromatic nitrogens is 2. The molecule has 0 N–H and O–H groups in total. The van der Waals surface area contributed by atoms with E-state index in [0.717, 1.165) is 48.1 Å². The molecule has 28 heavy (non-hydrogen) atoms. The van der Waals surface area contributed by atoms with Crippen LogP contribution in [0.4, 0.5) is 4.39 Å². The van der Waals surface area contributed by atoms with E-state index >= 15 is 0 Å². The summed E-state index contributed by atoms with van der Waals surface area (Å²) >= 11 is 1.61. The molecule has 0 saturated carbocycles. The quantitative estimate of drug-likeness (QED) is 0.342. The normalized spacial score (nSPS) is 15.0. The van der Waals surface area contributed by atoms with Crippen molar-refractivity contribution in [3.63, 3.8) is 0 Å². The predicted molar refractivity (Wildman–Crippen MR) is 108 cm³/mol. The van der Waals surface area contributed by atoms with Gasteiger partial charge in [-0.25, -0.2) is 14.4 Å². The molecular formula is C21H22FN3O2S. The fraction of sp³-hybridized carbons (Fsp3) is 0.333. The van der Waals surface area contributed by atoms with E-state index in [2.05, 4.69) is 4.90 Å². The summed E-state index contributed by atoms with van der Waals surface area (Å²) in [4.78, 5) is 11.8. The number of hydrogen-bond donors (Lipinski definition) is 0. The highest BCUT2D eigenvalue weighted by Gasteiger charge is 2.14. The highest BCUT2D eigenvalue weighted by atomic mass is 32.2. The zero-order valence-electron chi connectivity index (χ0n) is 15.5. The lowest BCUT2D eigenvalue weighted by molar-refractivity contribution is 0.0330. The van der Waals surface area contributed by atoms with Crippen LogP contribution in [-0.2, 0) is 11.3 Å². The third-order valence-corrected chi connectivity index (χ3v) is 5.46. The maximum Gasteiger partial charge on any atom is 0.165 e. The van der Waals surface area contributed by atoms with Gasteiger partial charge in [-0.05, 0) is 18.2 Å². The SMILES string of the molecule is Fc1ccccc1OCCSc1nc(CN2CCOCC2)nc2ccccc12. The number of fused-ring (bicyclic) bond motifs is 1. The molecule has 7 heteroatoms. The van der Waals surface area contributed by atoms with Crippen LogP contribution in [0.2, 0.25) is 0 Å². The molecule has 1 aliphatic rings. The summed E-state index contributed by atoms with van der Waals surface area (Å²) in [6.07, 6.45) is 0. The largest absolute Gasteiger partial charge is 0.490 e. The number of hydrogen-bond acceptors (Lipinski definition) is 6. The van der Waals surface area contributed by atoms with Crippen molar-refractivity contribution in [2.75, 3.05) is 38.7 Å². The number of morpholine rings is 1. The van der Waals surface area contributed by atoms with E-state index in [-0.39, 0.29) is 11.6 Å². The van der Waals surface area contributed by atoms with Gasteiger partial charge in [0.1, 0.15) is 10.9 Å². The van der Waals surface area contributed by atoms with Crippen LogP contribution in [0.3, 0.4) is 0 Å². The molecular weight excluding hydrogens is 377 g/mol. The fourth-order valence-corrected chi connectivity index (χ4v) is 3.94. The highest BCUT2D eigenvalue weighted by Crippen LogP contribution is 2.26. The van der Waals surface area contributed by atoms with Crippen molar-refractivity contribution in [1.82, 2.24) is 14.9 Å². The minimum Gasteiger partial charge on any atom is -0.490 e. The van der Waals surface area contributed by atoms with Crippen LogP contribution >= 0.6 is 11.8 Å². The molecule has 1 aliphatic heterocycles. The first kappa shape index (κ1) is 19.1. The standard InChI is InChI=1S/C21H22FN3O2S/c22-17-6-2-4-8-19(17)27-13-14-28-21-16-5-1-3-7-18(16)23-20(24-21)15-25-9-11-26-12-10-25/h1-8H,9-15H2. The van der Waals surface area contributed by atoms with Crippen molar-refractivity contribution < 1.29 is 13.9 Å². The van der Waals surface area contributed by atoms with Crippen molar-refractivity contribution in [2.24, 2.45) is 0 Å². The van der Waals surface area contributed by atoms with Gasteiger partial charge in [0.05, 0.1) is 31.9 Å². The number of para-hydroxylation sites is 2. The minimum atomic E-state index is -0.340. The Morgan fingerprint density at radius 1 is 1.04 bits per heavy atom. The van der Waals surface area contributed by atoms with Crippen molar-refractivity contribution in [3.8, 4) is 5.75 Å². The first-order chi connectivity index (χ1) is 13.8. The van der Waals surface area contributed by atoms with Crippen LogP contribution < -0.4 is 4.74 Å². The molecule has 2 aromatic carbocycles. The van der Waals surface area contributed by atoms with Gasteiger partial charge < -0.3 is 9.47 Å². The second-order valence-electron chi connectivity index (χ2n) is 6.48. The third-order valence-electron chi connectivity index (χ3n) is 4.50. The molecule has 0 aliphatic carbocycles. The van der Waals surface area contributed by atoms with Gasteiger partial charge in [-0.2, -0.15) is 0 Å². The number of nitrogens with zero attached hydrogens (tertiary/aromatic N) is 3. The molecule has 0 amide bonds. The summed E-state index contributed by atoms with van der Waals surface area (Å²) in [7, 11) is 0. The van der Waals surface area contributed by atoms with Crippen molar-refractivity contribution in [2.45, 2.75) is 11.6 Å². The summed E-state index contributed by atoms with van der Waals surface area (Å²) in [5.74, 6) is 1.43. The van der Waals surface area contributed by atoms with Crippen LogP contribution in [0.25, 0.3) is 10.9 Å². The molecule has 0 bridgehead atoms.